The van der Waals surface area contributed by atoms with Crippen LogP contribution in [0, 0.1) is 0 Å². The Bertz CT molecular complexity index is 579. The van der Waals surface area contributed by atoms with Gasteiger partial charge in [0.1, 0.15) is 11.9 Å². The predicted octanol–water partition coefficient (Wildman–Crippen LogP) is 2.37. The van der Waals surface area contributed by atoms with Crippen LogP contribution in [-0.4, -0.2) is 67.2 Å². The van der Waals surface area contributed by atoms with Crippen molar-refractivity contribution < 1.29 is 4.74 Å². The molecule has 136 valence electrons. The minimum atomic E-state index is 0.0530. The molecule has 0 aromatic heterocycles. The standard InChI is InChI=1S/C20H30N4O/c1-3-21-20(22-15-17(2)25-19-9-5-4-6-10-19)24-14-11-18(16-24)23-12-7-8-13-23/h4-10,17-18H,3,11-16H2,1-2H3,(H,21,22). The molecule has 2 unspecified atom stereocenters. The molecule has 5 heteroatoms. The molecule has 2 atom stereocenters. The number of para-hydroxylation sites is 1. The van der Waals surface area contributed by atoms with Crippen LogP contribution in [0.25, 0.3) is 0 Å². The van der Waals surface area contributed by atoms with E-state index in [1.54, 1.807) is 0 Å². The van der Waals surface area contributed by atoms with Gasteiger partial charge in [0.15, 0.2) is 5.96 Å². The Morgan fingerprint density at radius 3 is 2.76 bits per heavy atom. The van der Waals surface area contributed by atoms with Gasteiger partial charge in [-0.15, -0.1) is 0 Å². The van der Waals surface area contributed by atoms with E-state index in [9.17, 15) is 0 Å². The summed E-state index contributed by atoms with van der Waals surface area (Å²) in [5, 5.41) is 3.44. The highest BCUT2D eigenvalue weighted by Gasteiger charge is 2.29. The van der Waals surface area contributed by atoms with Crippen molar-refractivity contribution >= 4 is 5.96 Å². The van der Waals surface area contributed by atoms with E-state index in [-0.39, 0.29) is 6.10 Å². The SMILES string of the molecule is CCNC(=NCC(C)Oc1ccccc1)N1CCC(N2CC=CC2)C1. The van der Waals surface area contributed by atoms with Crippen molar-refractivity contribution in [1.82, 2.24) is 15.1 Å². The molecule has 1 saturated heterocycles. The van der Waals surface area contributed by atoms with Crippen LogP contribution < -0.4 is 10.1 Å². The summed E-state index contributed by atoms with van der Waals surface area (Å²) in [5.74, 6) is 1.92. The fourth-order valence-electron chi connectivity index (χ4n) is 3.43. The molecular weight excluding hydrogens is 312 g/mol. The number of aliphatic imine (C=N–C) groups is 1. The molecule has 0 radical (unpaired) electrons. The number of nitrogens with one attached hydrogen (secondary N) is 1. The van der Waals surface area contributed by atoms with Crippen LogP contribution in [0.4, 0.5) is 0 Å². The highest BCUT2D eigenvalue weighted by atomic mass is 16.5. The lowest BCUT2D eigenvalue weighted by atomic mass is 10.2. The molecule has 1 aromatic rings. The highest BCUT2D eigenvalue weighted by molar-refractivity contribution is 5.80. The average Bonchev–Trinajstić information content (AvgIpc) is 3.30. The van der Waals surface area contributed by atoms with Crippen molar-refractivity contribution in [3.8, 4) is 5.75 Å². The van der Waals surface area contributed by atoms with Crippen LogP contribution in [0.2, 0.25) is 0 Å². The molecular formula is C20H30N4O. The monoisotopic (exact) mass is 342 g/mol. The second kappa shape index (κ2) is 8.90. The maximum absolute atomic E-state index is 5.94. The van der Waals surface area contributed by atoms with Crippen LogP contribution >= 0.6 is 0 Å². The van der Waals surface area contributed by atoms with Crippen molar-refractivity contribution in [2.24, 2.45) is 4.99 Å². The van der Waals surface area contributed by atoms with Gasteiger partial charge in [-0.2, -0.15) is 0 Å². The van der Waals surface area contributed by atoms with Crippen molar-refractivity contribution in [3.63, 3.8) is 0 Å². The zero-order valence-corrected chi connectivity index (χ0v) is 15.4. The van der Waals surface area contributed by atoms with E-state index in [1.807, 2.05) is 30.3 Å². The first-order valence-corrected chi connectivity index (χ1v) is 9.40. The Balaban J connectivity index is 1.54. The smallest absolute Gasteiger partial charge is 0.194 e. The summed E-state index contributed by atoms with van der Waals surface area (Å²) < 4.78 is 5.94. The number of ether oxygens (including phenoxy) is 1. The van der Waals surface area contributed by atoms with Crippen LogP contribution in [0.15, 0.2) is 47.5 Å². The van der Waals surface area contributed by atoms with Crippen LogP contribution in [-0.2, 0) is 0 Å². The van der Waals surface area contributed by atoms with Gasteiger partial charge in [-0.05, 0) is 32.4 Å². The summed E-state index contributed by atoms with van der Waals surface area (Å²) in [6.07, 6.45) is 5.80. The van der Waals surface area contributed by atoms with E-state index in [4.69, 9.17) is 9.73 Å². The van der Waals surface area contributed by atoms with E-state index in [1.165, 1.54) is 6.42 Å². The molecule has 0 saturated carbocycles. The van der Waals surface area contributed by atoms with E-state index in [0.717, 1.165) is 44.4 Å². The zero-order valence-electron chi connectivity index (χ0n) is 15.4. The first kappa shape index (κ1) is 17.8. The lowest BCUT2D eigenvalue weighted by Crippen LogP contribution is -2.43. The minimum Gasteiger partial charge on any atom is -0.489 e. The number of hydrogen-bond donors (Lipinski definition) is 1. The lowest BCUT2D eigenvalue weighted by Gasteiger charge is -2.25. The molecule has 0 aliphatic carbocycles. The molecule has 2 aliphatic rings. The number of benzene rings is 1. The topological polar surface area (TPSA) is 40.1 Å². The second-order valence-corrected chi connectivity index (χ2v) is 6.75. The molecule has 1 aromatic carbocycles. The summed E-state index contributed by atoms with van der Waals surface area (Å²) >= 11 is 0. The highest BCUT2D eigenvalue weighted by Crippen LogP contribution is 2.18. The van der Waals surface area contributed by atoms with E-state index in [0.29, 0.717) is 12.6 Å². The quantitative estimate of drug-likeness (QED) is 0.489. The number of rotatable bonds is 6. The maximum Gasteiger partial charge on any atom is 0.194 e. The third-order valence-electron chi connectivity index (χ3n) is 4.74. The predicted molar refractivity (Wildman–Crippen MR) is 103 cm³/mol. The van der Waals surface area contributed by atoms with Crippen molar-refractivity contribution in [2.75, 3.05) is 39.3 Å². The van der Waals surface area contributed by atoms with Gasteiger partial charge >= 0.3 is 0 Å². The number of hydrogen-bond acceptors (Lipinski definition) is 3. The van der Waals surface area contributed by atoms with Gasteiger partial charge in [0.05, 0.1) is 6.54 Å². The molecule has 0 spiro atoms. The average molecular weight is 342 g/mol. The summed E-state index contributed by atoms with van der Waals surface area (Å²) in [6, 6.07) is 10.6. The van der Waals surface area contributed by atoms with Crippen LogP contribution in [0.5, 0.6) is 5.75 Å². The van der Waals surface area contributed by atoms with Crippen LogP contribution in [0.1, 0.15) is 20.3 Å². The van der Waals surface area contributed by atoms with Crippen molar-refractivity contribution in [2.45, 2.75) is 32.4 Å². The van der Waals surface area contributed by atoms with Gasteiger partial charge in [-0.25, -0.2) is 4.99 Å². The fraction of sp³-hybridized carbons (Fsp3) is 0.550. The molecule has 1 fully saturated rings. The van der Waals surface area contributed by atoms with Gasteiger partial charge in [-0.1, -0.05) is 30.4 Å². The first-order chi connectivity index (χ1) is 12.3. The molecule has 2 heterocycles. The third kappa shape index (κ3) is 4.98. The third-order valence-corrected chi connectivity index (χ3v) is 4.74. The van der Waals surface area contributed by atoms with Gasteiger partial charge in [0, 0.05) is 38.8 Å². The summed E-state index contributed by atoms with van der Waals surface area (Å²) in [5.41, 5.74) is 0. The molecule has 1 N–H and O–H groups in total. The van der Waals surface area contributed by atoms with E-state index in [2.05, 4.69) is 41.1 Å². The van der Waals surface area contributed by atoms with Gasteiger partial charge < -0.3 is 15.0 Å². The second-order valence-electron chi connectivity index (χ2n) is 6.75. The number of guanidine groups is 1. The maximum atomic E-state index is 5.94. The Hall–Kier alpha value is -2.01. The van der Waals surface area contributed by atoms with Gasteiger partial charge in [0.2, 0.25) is 0 Å². The lowest BCUT2D eigenvalue weighted by molar-refractivity contribution is 0.229. The fourth-order valence-corrected chi connectivity index (χ4v) is 3.43. The van der Waals surface area contributed by atoms with Crippen molar-refractivity contribution in [3.05, 3.63) is 42.5 Å². The molecule has 0 bridgehead atoms. The van der Waals surface area contributed by atoms with Gasteiger partial charge in [0.25, 0.3) is 0 Å². The molecule has 25 heavy (non-hydrogen) atoms. The molecule has 5 nitrogen and oxygen atoms in total. The Labute approximate surface area is 151 Å². The van der Waals surface area contributed by atoms with E-state index >= 15 is 0 Å². The number of nitrogens with zero attached hydrogens (tertiary/aromatic N) is 3. The van der Waals surface area contributed by atoms with Gasteiger partial charge in [-0.3, -0.25) is 4.90 Å². The molecule has 3 rings (SSSR count). The molecule has 0 amide bonds. The summed E-state index contributed by atoms with van der Waals surface area (Å²) in [6.45, 7) is 10.0. The molecule has 2 aliphatic heterocycles. The van der Waals surface area contributed by atoms with E-state index < -0.39 is 0 Å². The minimum absolute atomic E-state index is 0.0530. The normalized spacial score (nSPS) is 22.4. The first-order valence-electron chi connectivity index (χ1n) is 9.40. The Morgan fingerprint density at radius 2 is 2.04 bits per heavy atom. The number of likely N-dealkylation sites (tertiary alicyclic amines) is 1. The summed E-state index contributed by atoms with van der Waals surface area (Å²) in [4.78, 5) is 9.76. The zero-order chi connectivity index (χ0) is 17.5. The summed E-state index contributed by atoms with van der Waals surface area (Å²) in [7, 11) is 0. The Kier molecular flexibility index (Phi) is 6.34. The van der Waals surface area contributed by atoms with Crippen molar-refractivity contribution in [1.29, 1.82) is 0 Å². The largest absolute Gasteiger partial charge is 0.489 e. The Morgan fingerprint density at radius 1 is 1.28 bits per heavy atom. The van der Waals surface area contributed by atoms with Crippen LogP contribution in [0.3, 0.4) is 0 Å².